The van der Waals surface area contributed by atoms with Crippen LogP contribution in [-0.2, 0) is 9.59 Å². The van der Waals surface area contributed by atoms with E-state index in [-0.39, 0.29) is 12.3 Å². The van der Waals surface area contributed by atoms with Crippen LogP contribution in [0.1, 0.15) is 44.9 Å². The normalized spacial score (nSPS) is 26.1. The van der Waals surface area contributed by atoms with Crippen molar-refractivity contribution in [3.05, 3.63) is 0 Å². The van der Waals surface area contributed by atoms with E-state index in [0.29, 0.717) is 18.9 Å². The van der Waals surface area contributed by atoms with E-state index in [9.17, 15) is 14.7 Å². The Morgan fingerprint density at radius 2 is 2.00 bits per heavy atom. The van der Waals surface area contributed by atoms with Gasteiger partial charge in [-0.15, -0.1) is 0 Å². The van der Waals surface area contributed by atoms with Gasteiger partial charge in [-0.3, -0.25) is 9.59 Å². The molecule has 1 atom stereocenters. The van der Waals surface area contributed by atoms with E-state index < -0.39 is 11.4 Å². The monoisotopic (exact) mass is 285 g/mol. The van der Waals surface area contributed by atoms with Crippen LogP contribution in [-0.4, -0.2) is 46.5 Å². The van der Waals surface area contributed by atoms with Crippen LogP contribution in [0, 0.1) is 5.41 Å². The molecule has 1 saturated heterocycles. The second kappa shape index (κ2) is 6.16. The highest BCUT2D eigenvalue weighted by Crippen LogP contribution is 2.40. The summed E-state index contributed by atoms with van der Waals surface area (Å²) in [6.45, 7) is 0. The van der Waals surface area contributed by atoms with Crippen molar-refractivity contribution in [1.82, 2.24) is 4.90 Å². The Morgan fingerprint density at radius 1 is 1.32 bits per heavy atom. The first-order chi connectivity index (χ1) is 9.05. The van der Waals surface area contributed by atoms with Gasteiger partial charge >= 0.3 is 5.97 Å². The molecule has 1 aliphatic heterocycles. The van der Waals surface area contributed by atoms with E-state index in [1.807, 2.05) is 18.8 Å². The smallest absolute Gasteiger partial charge is 0.310 e. The Morgan fingerprint density at radius 3 is 2.53 bits per heavy atom. The van der Waals surface area contributed by atoms with Crippen molar-refractivity contribution in [2.75, 3.05) is 18.6 Å². The maximum Gasteiger partial charge on any atom is 0.310 e. The molecule has 0 aromatic heterocycles. The van der Waals surface area contributed by atoms with Gasteiger partial charge in [-0.2, -0.15) is 11.8 Å². The molecule has 1 heterocycles. The predicted octanol–water partition coefficient (Wildman–Crippen LogP) is 2.38. The van der Waals surface area contributed by atoms with Crippen molar-refractivity contribution in [3.8, 4) is 0 Å². The lowest BCUT2D eigenvalue weighted by molar-refractivity contribution is -0.156. The van der Waals surface area contributed by atoms with Crippen molar-refractivity contribution in [1.29, 1.82) is 0 Å². The number of aliphatic carboxylic acids is 1. The van der Waals surface area contributed by atoms with Crippen molar-refractivity contribution in [3.63, 3.8) is 0 Å². The van der Waals surface area contributed by atoms with E-state index in [0.717, 1.165) is 37.2 Å². The number of carbonyl (C=O) groups is 2. The number of carboxylic acids is 1. The third kappa shape index (κ3) is 3.25. The van der Waals surface area contributed by atoms with Gasteiger partial charge in [-0.05, 0) is 25.0 Å². The first-order valence-corrected chi connectivity index (χ1v) is 8.27. The summed E-state index contributed by atoms with van der Waals surface area (Å²) in [6.07, 6.45) is 5.49. The molecule has 1 saturated carbocycles. The topological polar surface area (TPSA) is 57.6 Å². The van der Waals surface area contributed by atoms with E-state index in [4.69, 9.17) is 0 Å². The molecule has 108 valence electrons. The highest BCUT2D eigenvalue weighted by Gasteiger charge is 2.42. The quantitative estimate of drug-likeness (QED) is 0.861. The van der Waals surface area contributed by atoms with E-state index in [2.05, 4.69) is 0 Å². The van der Waals surface area contributed by atoms with Crippen LogP contribution in [0.4, 0.5) is 0 Å². The minimum atomic E-state index is -0.796. The number of amides is 1. The number of carbonyl (C=O) groups excluding carboxylic acids is 1. The number of rotatable bonds is 4. The summed E-state index contributed by atoms with van der Waals surface area (Å²) >= 11 is 1.87. The summed E-state index contributed by atoms with van der Waals surface area (Å²) in [5.41, 5.74) is -0.796. The Bertz CT molecular complexity index is 347. The summed E-state index contributed by atoms with van der Waals surface area (Å²) in [5, 5.41) is 9.51. The molecule has 4 nitrogen and oxygen atoms in total. The fraction of sp³-hybridized carbons (Fsp3) is 0.857. The van der Waals surface area contributed by atoms with E-state index in [1.165, 1.54) is 0 Å². The third-order valence-electron chi connectivity index (χ3n) is 4.60. The molecule has 2 aliphatic rings. The second-order valence-electron chi connectivity index (χ2n) is 5.84. The van der Waals surface area contributed by atoms with Gasteiger partial charge in [0.05, 0.1) is 5.41 Å². The summed E-state index contributed by atoms with van der Waals surface area (Å²) in [7, 11) is 1.83. The minimum Gasteiger partial charge on any atom is -0.481 e. The molecule has 1 N–H and O–H groups in total. The Balaban J connectivity index is 2.00. The van der Waals surface area contributed by atoms with Crippen LogP contribution in [0.3, 0.4) is 0 Å². The summed E-state index contributed by atoms with van der Waals surface area (Å²) in [4.78, 5) is 25.7. The standard InChI is InChI=1S/C14H23NO3S/c1-15(11-5-8-19-10-11)12(16)9-14(13(17)18)6-3-2-4-7-14/h11H,2-10H2,1H3,(H,17,18). The van der Waals surface area contributed by atoms with Crippen LogP contribution in [0.15, 0.2) is 0 Å². The molecule has 19 heavy (non-hydrogen) atoms. The zero-order valence-corrected chi connectivity index (χ0v) is 12.4. The average Bonchev–Trinajstić information content (AvgIpc) is 2.92. The molecule has 2 fully saturated rings. The molecule has 0 bridgehead atoms. The van der Waals surface area contributed by atoms with Gasteiger partial charge < -0.3 is 10.0 Å². The molecule has 0 spiro atoms. The number of hydrogen-bond acceptors (Lipinski definition) is 3. The third-order valence-corrected chi connectivity index (χ3v) is 5.75. The van der Waals surface area contributed by atoms with Gasteiger partial charge in [0.15, 0.2) is 0 Å². The Kier molecular flexibility index (Phi) is 4.76. The van der Waals surface area contributed by atoms with Gasteiger partial charge in [0.1, 0.15) is 0 Å². The fourth-order valence-electron chi connectivity index (χ4n) is 3.14. The van der Waals surface area contributed by atoms with Gasteiger partial charge in [-0.25, -0.2) is 0 Å². The molecule has 0 radical (unpaired) electrons. The van der Waals surface area contributed by atoms with Crippen molar-refractivity contribution in [2.45, 2.75) is 51.0 Å². The summed E-state index contributed by atoms with van der Waals surface area (Å²) in [6, 6.07) is 0.298. The maximum atomic E-state index is 12.4. The largest absolute Gasteiger partial charge is 0.481 e. The summed E-state index contributed by atoms with van der Waals surface area (Å²) < 4.78 is 0. The van der Waals surface area contributed by atoms with Crippen LogP contribution in [0.5, 0.6) is 0 Å². The average molecular weight is 285 g/mol. The molecular weight excluding hydrogens is 262 g/mol. The summed E-state index contributed by atoms with van der Waals surface area (Å²) in [5.74, 6) is 1.32. The van der Waals surface area contributed by atoms with Crippen molar-refractivity contribution >= 4 is 23.6 Å². The minimum absolute atomic E-state index is 0.0109. The number of thioether (sulfide) groups is 1. The van der Waals surface area contributed by atoms with E-state index in [1.54, 1.807) is 4.90 Å². The molecule has 1 amide bonds. The molecule has 2 rings (SSSR count). The Labute approximate surface area is 118 Å². The lowest BCUT2D eigenvalue weighted by Gasteiger charge is -2.35. The molecular formula is C14H23NO3S. The highest BCUT2D eigenvalue weighted by atomic mass is 32.2. The zero-order chi connectivity index (χ0) is 13.9. The SMILES string of the molecule is CN(C(=O)CC1(C(=O)O)CCCCC1)C1CCSC1. The Hall–Kier alpha value is -0.710. The second-order valence-corrected chi connectivity index (χ2v) is 6.99. The first-order valence-electron chi connectivity index (χ1n) is 7.12. The lowest BCUT2D eigenvalue weighted by Crippen LogP contribution is -2.43. The predicted molar refractivity (Wildman–Crippen MR) is 76.3 cm³/mol. The molecule has 5 heteroatoms. The molecule has 0 aromatic rings. The van der Waals surface area contributed by atoms with Crippen LogP contribution in [0.2, 0.25) is 0 Å². The van der Waals surface area contributed by atoms with Crippen molar-refractivity contribution in [2.24, 2.45) is 5.41 Å². The molecule has 1 aliphatic carbocycles. The first kappa shape index (κ1) is 14.7. The highest BCUT2D eigenvalue weighted by molar-refractivity contribution is 7.99. The van der Waals surface area contributed by atoms with Crippen LogP contribution in [0.25, 0.3) is 0 Å². The number of nitrogens with zero attached hydrogens (tertiary/aromatic N) is 1. The van der Waals surface area contributed by atoms with Gasteiger partial charge in [0.2, 0.25) is 5.91 Å². The van der Waals surface area contributed by atoms with Crippen molar-refractivity contribution < 1.29 is 14.7 Å². The van der Waals surface area contributed by atoms with Gasteiger partial charge in [-0.1, -0.05) is 19.3 Å². The number of carboxylic acid groups (broad SMARTS) is 1. The fourth-order valence-corrected chi connectivity index (χ4v) is 4.41. The van der Waals surface area contributed by atoms with E-state index >= 15 is 0 Å². The van der Waals surface area contributed by atoms with Gasteiger partial charge in [0.25, 0.3) is 0 Å². The zero-order valence-electron chi connectivity index (χ0n) is 11.6. The lowest BCUT2D eigenvalue weighted by atomic mass is 9.71. The molecule has 0 aromatic carbocycles. The van der Waals surface area contributed by atoms with Crippen LogP contribution >= 0.6 is 11.8 Å². The molecule has 1 unspecified atom stereocenters. The number of hydrogen-bond donors (Lipinski definition) is 1. The van der Waals surface area contributed by atoms with Crippen LogP contribution < -0.4 is 0 Å². The van der Waals surface area contributed by atoms with Gasteiger partial charge in [0, 0.05) is 25.3 Å². The maximum absolute atomic E-state index is 12.4.